The van der Waals surface area contributed by atoms with Crippen molar-refractivity contribution in [2.45, 2.75) is 12.8 Å². The van der Waals surface area contributed by atoms with Crippen LogP contribution in [0, 0.1) is 0 Å². The standard InChI is InChI=1S/C11H12N2O/c14-11-8-12-10(13-11)7-6-9-4-2-1-3-5-9/h1-5,8,14H,6-7H2,(H,12,13). The van der Waals surface area contributed by atoms with Gasteiger partial charge in [-0.1, -0.05) is 30.3 Å². The minimum Gasteiger partial charge on any atom is -0.492 e. The second-order valence-corrected chi connectivity index (χ2v) is 3.19. The van der Waals surface area contributed by atoms with Crippen molar-refractivity contribution in [1.29, 1.82) is 0 Å². The predicted octanol–water partition coefficient (Wildman–Crippen LogP) is 1.90. The van der Waals surface area contributed by atoms with Crippen molar-refractivity contribution in [1.82, 2.24) is 9.97 Å². The smallest absolute Gasteiger partial charge is 0.229 e. The van der Waals surface area contributed by atoms with E-state index in [1.807, 2.05) is 18.2 Å². The number of hydrogen-bond acceptors (Lipinski definition) is 2. The van der Waals surface area contributed by atoms with Crippen molar-refractivity contribution < 1.29 is 5.11 Å². The lowest BCUT2D eigenvalue weighted by molar-refractivity contribution is 0.455. The molecule has 1 aromatic carbocycles. The van der Waals surface area contributed by atoms with Crippen LogP contribution in [0.4, 0.5) is 0 Å². The van der Waals surface area contributed by atoms with Gasteiger partial charge in [-0.05, 0) is 12.0 Å². The number of H-pyrrole nitrogens is 1. The first-order valence-corrected chi connectivity index (χ1v) is 4.62. The maximum absolute atomic E-state index is 9.01. The fourth-order valence-corrected chi connectivity index (χ4v) is 1.39. The summed E-state index contributed by atoms with van der Waals surface area (Å²) in [5, 5.41) is 9.01. The molecular formula is C11H12N2O. The first kappa shape index (κ1) is 8.81. The molecule has 0 aliphatic carbocycles. The van der Waals surface area contributed by atoms with Gasteiger partial charge in [0.2, 0.25) is 5.88 Å². The van der Waals surface area contributed by atoms with Gasteiger partial charge in [-0.25, -0.2) is 0 Å². The molecule has 0 spiro atoms. The molecule has 0 fully saturated rings. The lowest BCUT2D eigenvalue weighted by Gasteiger charge is -1.97. The Kier molecular flexibility index (Phi) is 2.49. The summed E-state index contributed by atoms with van der Waals surface area (Å²) in [4.78, 5) is 6.84. The lowest BCUT2D eigenvalue weighted by atomic mass is 10.1. The van der Waals surface area contributed by atoms with Crippen LogP contribution in [0.15, 0.2) is 36.5 Å². The van der Waals surface area contributed by atoms with E-state index in [2.05, 4.69) is 22.1 Å². The Morgan fingerprint density at radius 3 is 2.57 bits per heavy atom. The second-order valence-electron chi connectivity index (χ2n) is 3.19. The van der Waals surface area contributed by atoms with Gasteiger partial charge in [0.05, 0.1) is 6.20 Å². The van der Waals surface area contributed by atoms with Crippen molar-refractivity contribution in [3.05, 3.63) is 47.9 Å². The Balaban J connectivity index is 1.95. The highest BCUT2D eigenvalue weighted by atomic mass is 16.3. The van der Waals surface area contributed by atoms with Crippen molar-refractivity contribution in [2.75, 3.05) is 0 Å². The lowest BCUT2D eigenvalue weighted by Crippen LogP contribution is -1.92. The molecule has 3 heteroatoms. The summed E-state index contributed by atoms with van der Waals surface area (Å²) in [6.07, 6.45) is 3.26. The van der Waals surface area contributed by atoms with Crippen LogP contribution in [0.2, 0.25) is 0 Å². The number of nitrogens with zero attached hydrogens (tertiary/aromatic N) is 1. The number of benzene rings is 1. The zero-order valence-electron chi connectivity index (χ0n) is 7.77. The molecule has 14 heavy (non-hydrogen) atoms. The first-order chi connectivity index (χ1) is 6.84. The van der Waals surface area contributed by atoms with Gasteiger partial charge in [0.1, 0.15) is 5.82 Å². The van der Waals surface area contributed by atoms with E-state index in [4.69, 9.17) is 5.11 Å². The monoisotopic (exact) mass is 188 g/mol. The van der Waals surface area contributed by atoms with Gasteiger partial charge in [-0.3, -0.25) is 0 Å². The average Bonchev–Trinajstić information content (AvgIpc) is 2.63. The molecule has 2 rings (SSSR count). The summed E-state index contributed by atoms with van der Waals surface area (Å²) >= 11 is 0. The molecular weight excluding hydrogens is 176 g/mol. The number of nitrogens with one attached hydrogen (secondary N) is 1. The molecule has 2 aromatic rings. The van der Waals surface area contributed by atoms with Gasteiger partial charge in [-0.15, -0.1) is 0 Å². The van der Waals surface area contributed by atoms with E-state index >= 15 is 0 Å². The van der Waals surface area contributed by atoms with Crippen LogP contribution in [0.25, 0.3) is 0 Å². The van der Waals surface area contributed by atoms with Crippen LogP contribution in [-0.2, 0) is 12.8 Å². The molecule has 0 unspecified atom stereocenters. The molecule has 2 N–H and O–H groups in total. The Hall–Kier alpha value is -1.77. The quantitative estimate of drug-likeness (QED) is 0.772. The molecule has 0 saturated heterocycles. The normalized spacial score (nSPS) is 10.3. The van der Waals surface area contributed by atoms with E-state index in [1.165, 1.54) is 11.8 Å². The predicted molar refractivity (Wildman–Crippen MR) is 54.1 cm³/mol. The van der Waals surface area contributed by atoms with E-state index in [9.17, 15) is 0 Å². The van der Waals surface area contributed by atoms with E-state index in [-0.39, 0.29) is 5.88 Å². The minimum absolute atomic E-state index is 0.0630. The van der Waals surface area contributed by atoms with Gasteiger partial charge < -0.3 is 10.1 Å². The van der Waals surface area contributed by atoms with Crippen molar-refractivity contribution in [2.24, 2.45) is 0 Å². The van der Waals surface area contributed by atoms with Gasteiger partial charge in [-0.2, -0.15) is 4.98 Å². The Labute approximate surface area is 82.4 Å². The third kappa shape index (κ3) is 2.13. The molecule has 0 saturated carbocycles. The SMILES string of the molecule is Oc1c[nH]c(CCc2ccccc2)n1. The zero-order valence-corrected chi connectivity index (χ0v) is 7.77. The molecule has 1 aromatic heterocycles. The molecule has 1 heterocycles. The van der Waals surface area contributed by atoms with Gasteiger partial charge in [0.15, 0.2) is 0 Å². The molecule has 72 valence electrons. The molecule has 0 aliphatic heterocycles. The number of hydrogen-bond donors (Lipinski definition) is 2. The highest BCUT2D eigenvalue weighted by Gasteiger charge is 1.99. The van der Waals surface area contributed by atoms with Gasteiger partial charge in [0, 0.05) is 6.42 Å². The third-order valence-electron chi connectivity index (χ3n) is 2.11. The van der Waals surface area contributed by atoms with E-state index in [0.29, 0.717) is 0 Å². The first-order valence-electron chi connectivity index (χ1n) is 4.62. The number of aryl methyl sites for hydroxylation is 2. The van der Waals surface area contributed by atoms with Crippen LogP contribution in [0.5, 0.6) is 5.88 Å². The Bertz CT molecular complexity index is 395. The van der Waals surface area contributed by atoms with E-state index in [1.54, 1.807) is 0 Å². The molecule has 0 amide bonds. The van der Waals surface area contributed by atoms with Crippen molar-refractivity contribution in [3.63, 3.8) is 0 Å². The Morgan fingerprint density at radius 1 is 1.14 bits per heavy atom. The van der Waals surface area contributed by atoms with E-state index < -0.39 is 0 Å². The van der Waals surface area contributed by atoms with Crippen LogP contribution >= 0.6 is 0 Å². The minimum atomic E-state index is 0.0630. The zero-order chi connectivity index (χ0) is 9.80. The summed E-state index contributed by atoms with van der Waals surface area (Å²) in [5.41, 5.74) is 1.28. The van der Waals surface area contributed by atoms with Crippen LogP contribution < -0.4 is 0 Å². The average molecular weight is 188 g/mol. The van der Waals surface area contributed by atoms with Gasteiger partial charge in [0.25, 0.3) is 0 Å². The fourth-order valence-electron chi connectivity index (χ4n) is 1.39. The number of aromatic hydroxyl groups is 1. The molecule has 0 bridgehead atoms. The molecule has 0 aliphatic rings. The fraction of sp³-hybridized carbons (Fsp3) is 0.182. The highest BCUT2D eigenvalue weighted by molar-refractivity contribution is 5.16. The second kappa shape index (κ2) is 3.96. The Morgan fingerprint density at radius 2 is 1.93 bits per heavy atom. The molecule has 0 radical (unpaired) electrons. The maximum Gasteiger partial charge on any atom is 0.229 e. The molecule has 3 nitrogen and oxygen atoms in total. The largest absolute Gasteiger partial charge is 0.492 e. The highest BCUT2D eigenvalue weighted by Crippen LogP contribution is 2.07. The number of aromatic amines is 1. The van der Waals surface area contributed by atoms with Crippen LogP contribution in [-0.4, -0.2) is 15.1 Å². The molecule has 0 atom stereocenters. The topological polar surface area (TPSA) is 48.9 Å². The summed E-state index contributed by atoms with van der Waals surface area (Å²) in [7, 11) is 0. The van der Waals surface area contributed by atoms with Crippen molar-refractivity contribution in [3.8, 4) is 5.88 Å². The van der Waals surface area contributed by atoms with Gasteiger partial charge >= 0.3 is 0 Å². The summed E-state index contributed by atoms with van der Waals surface area (Å²) < 4.78 is 0. The summed E-state index contributed by atoms with van der Waals surface area (Å²) in [6.45, 7) is 0. The van der Waals surface area contributed by atoms with Crippen LogP contribution in [0.3, 0.4) is 0 Å². The maximum atomic E-state index is 9.01. The third-order valence-corrected chi connectivity index (χ3v) is 2.11. The van der Waals surface area contributed by atoms with Crippen LogP contribution in [0.1, 0.15) is 11.4 Å². The van der Waals surface area contributed by atoms with Crippen molar-refractivity contribution >= 4 is 0 Å². The summed E-state index contributed by atoms with van der Waals surface area (Å²) in [6, 6.07) is 10.2. The number of aromatic nitrogens is 2. The summed E-state index contributed by atoms with van der Waals surface area (Å²) in [5.74, 6) is 0.888. The number of rotatable bonds is 3. The van der Waals surface area contributed by atoms with E-state index in [0.717, 1.165) is 18.7 Å². The number of imidazole rings is 1.